The Bertz CT molecular complexity index is 501. The Kier molecular flexibility index (Phi) is 4.25. The van der Waals surface area contributed by atoms with Crippen LogP contribution in [-0.2, 0) is 14.8 Å². The van der Waals surface area contributed by atoms with Crippen molar-refractivity contribution in [3.63, 3.8) is 0 Å². The molecule has 2 heterocycles. The Morgan fingerprint density at radius 2 is 1.71 bits per heavy atom. The summed E-state index contributed by atoms with van der Waals surface area (Å²) < 4.78 is 27.1. The van der Waals surface area contributed by atoms with Crippen LogP contribution >= 0.6 is 0 Å². The first-order valence-corrected chi connectivity index (χ1v) is 9.46. The lowest BCUT2D eigenvalue weighted by atomic mass is 10.1. The van der Waals surface area contributed by atoms with Gasteiger partial charge in [-0.3, -0.25) is 9.69 Å². The van der Waals surface area contributed by atoms with Crippen LogP contribution in [0, 0.1) is 5.92 Å². The Balaban J connectivity index is 1.69. The zero-order valence-electron chi connectivity index (χ0n) is 12.3. The largest absolute Gasteiger partial charge is 0.481 e. The van der Waals surface area contributed by atoms with E-state index in [4.69, 9.17) is 0 Å². The molecule has 120 valence electrons. The van der Waals surface area contributed by atoms with Crippen LogP contribution in [0.5, 0.6) is 0 Å². The maximum absolute atomic E-state index is 12.8. The third-order valence-corrected chi connectivity index (χ3v) is 7.68. The van der Waals surface area contributed by atoms with E-state index in [0.717, 1.165) is 19.5 Å². The summed E-state index contributed by atoms with van der Waals surface area (Å²) in [4.78, 5) is 13.6. The SMILES string of the molecule is O=C(O)C1CCCC1S(=O)(=O)N1CCC(N2CCCC2)C1. The van der Waals surface area contributed by atoms with Crippen LogP contribution in [0.2, 0.25) is 0 Å². The summed E-state index contributed by atoms with van der Waals surface area (Å²) in [5.74, 6) is -1.68. The van der Waals surface area contributed by atoms with E-state index in [1.807, 2.05) is 0 Å². The maximum Gasteiger partial charge on any atom is 0.307 e. The van der Waals surface area contributed by atoms with Crippen LogP contribution in [0.15, 0.2) is 0 Å². The average molecular weight is 316 g/mol. The summed E-state index contributed by atoms with van der Waals surface area (Å²) in [6, 6.07) is 0.326. The number of carbonyl (C=O) groups is 1. The Morgan fingerprint density at radius 3 is 2.38 bits per heavy atom. The summed E-state index contributed by atoms with van der Waals surface area (Å²) in [5, 5.41) is 8.51. The van der Waals surface area contributed by atoms with Crippen molar-refractivity contribution in [2.45, 2.75) is 49.8 Å². The molecule has 6 nitrogen and oxygen atoms in total. The van der Waals surface area contributed by atoms with E-state index in [0.29, 0.717) is 38.4 Å². The lowest BCUT2D eigenvalue weighted by molar-refractivity contribution is -0.141. The number of likely N-dealkylation sites (tertiary alicyclic amines) is 1. The van der Waals surface area contributed by atoms with Gasteiger partial charge < -0.3 is 5.11 Å². The van der Waals surface area contributed by atoms with Crippen molar-refractivity contribution < 1.29 is 18.3 Å². The van der Waals surface area contributed by atoms with Gasteiger partial charge in [0, 0.05) is 19.1 Å². The van der Waals surface area contributed by atoms with Gasteiger partial charge in [-0.05, 0) is 45.2 Å². The predicted octanol–water partition coefficient (Wildman–Crippen LogP) is 0.740. The predicted molar refractivity (Wildman–Crippen MR) is 78.5 cm³/mol. The Hall–Kier alpha value is -0.660. The number of sulfonamides is 1. The molecule has 1 N–H and O–H groups in total. The van der Waals surface area contributed by atoms with Crippen LogP contribution in [-0.4, -0.2) is 66.2 Å². The number of rotatable bonds is 4. The molecule has 1 aliphatic carbocycles. The molecule has 2 saturated heterocycles. The lowest BCUT2D eigenvalue weighted by Crippen LogP contribution is -2.43. The molecule has 3 rings (SSSR count). The normalized spacial score (nSPS) is 35.5. The Labute approximate surface area is 126 Å². The van der Waals surface area contributed by atoms with Gasteiger partial charge >= 0.3 is 5.97 Å². The molecule has 3 fully saturated rings. The first-order valence-electron chi connectivity index (χ1n) is 7.96. The van der Waals surface area contributed by atoms with Crippen molar-refractivity contribution in [2.75, 3.05) is 26.2 Å². The minimum atomic E-state index is -3.47. The highest BCUT2D eigenvalue weighted by Crippen LogP contribution is 2.35. The van der Waals surface area contributed by atoms with Crippen molar-refractivity contribution >= 4 is 16.0 Å². The Morgan fingerprint density at radius 1 is 1.00 bits per heavy atom. The van der Waals surface area contributed by atoms with Gasteiger partial charge in [-0.1, -0.05) is 6.42 Å². The van der Waals surface area contributed by atoms with Crippen molar-refractivity contribution in [3.05, 3.63) is 0 Å². The molecule has 1 saturated carbocycles. The average Bonchev–Trinajstić information content (AvgIpc) is 3.18. The van der Waals surface area contributed by atoms with Crippen molar-refractivity contribution in [1.29, 1.82) is 0 Å². The fraction of sp³-hybridized carbons (Fsp3) is 0.929. The maximum atomic E-state index is 12.8. The third kappa shape index (κ3) is 2.83. The van der Waals surface area contributed by atoms with Gasteiger partial charge in [-0.25, -0.2) is 12.7 Å². The van der Waals surface area contributed by atoms with Gasteiger partial charge in [0.2, 0.25) is 10.0 Å². The monoisotopic (exact) mass is 316 g/mol. The first kappa shape index (κ1) is 15.2. The van der Waals surface area contributed by atoms with E-state index in [1.165, 1.54) is 12.8 Å². The van der Waals surface area contributed by atoms with Crippen LogP contribution in [0.25, 0.3) is 0 Å². The molecule has 0 bridgehead atoms. The smallest absolute Gasteiger partial charge is 0.307 e. The molecule has 0 aromatic heterocycles. The molecule has 21 heavy (non-hydrogen) atoms. The molecule has 3 unspecified atom stereocenters. The van der Waals surface area contributed by atoms with E-state index >= 15 is 0 Å². The third-order valence-electron chi connectivity index (χ3n) is 5.30. The molecular weight excluding hydrogens is 292 g/mol. The second-order valence-electron chi connectivity index (χ2n) is 6.50. The number of carboxylic acid groups (broad SMARTS) is 1. The molecule has 0 aromatic carbocycles. The van der Waals surface area contributed by atoms with E-state index < -0.39 is 27.2 Å². The molecule has 3 atom stereocenters. The van der Waals surface area contributed by atoms with E-state index in [2.05, 4.69) is 4.90 Å². The minimum Gasteiger partial charge on any atom is -0.481 e. The molecule has 0 aromatic rings. The number of carboxylic acids is 1. The highest BCUT2D eigenvalue weighted by atomic mass is 32.2. The summed E-state index contributed by atoms with van der Waals surface area (Å²) in [6.07, 6.45) is 4.96. The number of hydrogen-bond acceptors (Lipinski definition) is 4. The van der Waals surface area contributed by atoms with Crippen LogP contribution < -0.4 is 0 Å². The summed E-state index contributed by atoms with van der Waals surface area (Å²) in [7, 11) is -3.47. The molecule has 0 radical (unpaired) electrons. The van der Waals surface area contributed by atoms with Crippen LogP contribution in [0.4, 0.5) is 0 Å². The van der Waals surface area contributed by atoms with E-state index in [1.54, 1.807) is 4.31 Å². The summed E-state index contributed by atoms with van der Waals surface area (Å²) in [5.41, 5.74) is 0. The second kappa shape index (κ2) is 5.85. The number of nitrogens with zero attached hydrogens (tertiary/aromatic N) is 2. The van der Waals surface area contributed by atoms with Gasteiger partial charge in [0.05, 0.1) is 11.2 Å². The fourth-order valence-electron chi connectivity index (χ4n) is 4.10. The summed E-state index contributed by atoms with van der Waals surface area (Å²) >= 11 is 0. The number of aliphatic carboxylic acids is 1. The quantitative estimate of drug-likeness (QED) is 0.828. The minimum absolute atomic E-state index is 0.326. The zero-order valence-corrected chi connectivity index (χ0v) is 13.1. The topological polar surface area (TPSA) is 77.9 Å². The molecule has 2 aliphatic heterocycles. The van der Waals surface area contributed by atoms with E-state index in [9.17, 15) is 18.3 Å². The standard InChI is InChI=1S/C14H24N2O4S/c17-14(18)12-4-3-5-13(12)21(19,20)16-9-6-11(10-16)15-7-1-2-8-15/h11-13H,1-10H2,(H,17,18). The summed E-state index contributed by atoms with van der Waals surface area (Å²) in [6.45, 7) is 3.23. The molecule has 0 spiro atoms. The van der Waals surface area contributed by atoms with Crippen LogP contribution in [0.3, 0.4) is 0 Å². The van der Waals surface area contributed by atoms with Crippen molar-refractivity contribution in [1.82, 2.24) is 9.21 Å². The highest BCUT2D eigenvalue weighted by molar-refractivity contribution is 7.89. The first-order chi connectivity index (χ1) is 10.00. The van der Waals surface area contributed by atoms with Gasteiger partial charge in [0.1, 0.15) is 0 Å². The van der Waals surface area contributed by atoms with Crippen molar-refractivity contribution in [2.24, 2.45) is 5.92 Å². The lowest BCUT2D eigenvalue weighted by Gasteiger charge is -2.26. The zero-order chi connectivity index (χ0) is 15.0. The van der Waals surface area contributed by atoms with Crippen LogP contribution in [0.1, 0.15) is 38.5 Å². The molecule has 3 aliphatic rings. The van der Waals surface area contributed by atoms with Gasteiger partial charge in [-0.15, -0.1) is 0 Å². The second-order valence-corrected chi connectivity index (χ2v) is 8.65. The van der Waals surface area contributed by atoms with Crippen molar-refractivity contribution in [3.8, 4) is 0 Å². The van der Waals surface area contributed by atoms with Gasteiger partial charge in [0.15, 0.2) is 0 Å². The molecular formula is C14H24N2O4S. The molecule has 0 amide bonds. The van der Waals surface area contributed by atoms with E-state index in [-0.39, 0.29) is 0 Å². The van der Waals surface area contributed by atoms with Gasteiger partial charge in [-0.2, -0.15) is 0 Å². The highest BCUT2D eigenvalue weighted by Gasteiger charge is 2.46. The number of hydrogen-bond donors (Lipinski definition) is 1. The molecule has 7 heteroatoms. The van der Waals surface area contributed by atoms with Gasteiger partial charge in [0.25, 0.3) is 0 Å². The fourth-order valence-corrected chi connectivity index (χ4v) is 6.36.